The van der Waals surface area contributed by atoms with Gasteiger partial charge in [0.15, 0.2) is 5.54 Å². The fourth-order valence-electron chi connectivity index (χ4n) is 2.46. The van der Waals surface area contributed by atoms with E-state index >= 15 is 0 Å². The van der Waals surface area contributed by atoms with E-state index in [1.54, 1.807) is 7.11 Å². The van der Waals surface area contributed by atoms with Crippen molar-refractivity contribution in [3.8, 4) is 5.75 Å². The summed E-state index contributed by atoms with van der Waals surface area (Å²) in [6, 6.07) is 7.68. The van der Waals surface area contributed by atoms with E-state index in [0.29, 0.717) is 25.9 Å². The number of hydrogen-bond acceptors (Lipinski definition) is 4. The lowest BCUT2D eigenvalue weighted by molar-refractivity contribution is -0.147. The minimum atomic E-state index is -1.25. The van der Waals surface area contributed by atoms with Gasteiger partial charge in [-0.05, 0) is 30.5 Å². The fourth-order valence-corrected chi connectivity index (χ4v) is 2.46. The smallest absolute Gasteiger partial charge is 0.331 e. The summed E-state index contributed by atoms with van der Waals surface area (Å²) in [6.07, 6.45) is 2.02. The van der Waals surface area contributed by atoms with Crippen LogP contribution in [0, 0.1) is 0 Å². The molecule has 6 nitrogen and oxygen atoms in total. The molecule has 2 rings (SSSR count). The second-order valence-corrected chi connectivity index (χ2v) is 5.44. The van der Waals surface area contributed by atoms with E-state index in [4.69, 9.17) is 9.47 Å². The first-order valence-corrected chi connectivity index (χ1v) is 7.31. The van der Waals surface area contributed by atoms with Gasteiger partial charge in [0.2, 0.25) is 5.91 Å². The van der Waals surface area contributed by atoms with Crippen LogP contribution in [-0.2, 0) is 20.7 Å². The van der Waals surface area contributed by atoms with Gasteiger partial charge in [0.25, 0.3) is 0 Å². The molecule has 1 aromatic rings. The number of carbonyl (C=O) groups excluding carboxylic acids is 1. The Balaban J connectivity index is 1.78. The van der Waals surface area contributed by atoms with E-state index in [9.17, 15) is 14.7 Å². The van der Waals surface area contributed by atoms with Gasteiger partial charge in [-0.3, -0.25) is 4.79 Å². The number of carboxylic acids is 1. The van der Waals surface area contributed by atoms with Crippen LogP contribution in [0.4, 0.5) is 0 Å². The summed E-state index contributed by atoms with van der Waals surface area (Å²) < 4.78 is 10.2. The topological polar surface area (TPSA) is 84.9 Å². The van der Waals surface area contributed by atoms with Crippen molar-refractivity contribution in [3.63, 3.8) is 0 Å². The van der Waals surface area contributed by atoms with E-state index in [1.807, 2.05) is 24.3 Å². The van der Waals surface area contributed by atoms with Gasteiger partial charge < -0.3 is 19.9 Å². The molecule has 1 heterocycles. The highest BCUT2D eigenvalue weighted by molar-refractivity contribution is 5.87. The summed E-state index contributed by atoms with van der Waals surface area (Å²) in [5.74, 6) is -0.485. The monoisotopic (exact) mass is 307 g/mol. The van der Waals surface area contributed by atoms with Crippen LogP contribution < -0.4 is 10.1 Å². The lowest BCUT2D eigenvalue weighted by Crippen LogP contribution is -2.55. The molecule has 1 unspecified atom stereocenters. The average molecular weight is 307 g/mol. The van der Waals surface area contributed by atoms with E-state index < -0.39 is 11.5 Å². The Labute approximate surface area is 129 Å². The van der Waals surface area contributed by atoms with Gasteiger partial charge in [-0.15, -0.1) is 0 Å². The number of benzene rings is 1. The van der Waals surface area contributed by atoms with Gasteiger partial charge in [0, 0.05) is 19.4 Å². The average Bonchev–Trinajstić information content (AvgIpc) is 2.98. The van der Waals surface area contributed by atoms with Gasteiger partial charge >= 0.3 is 5.97 Å². The zero-order valence-corrected chi connectivity index (χ0v) is 12.6. The zero-order valence-electron chi connectivity index (χ0n) is 12.6. The molecule has 1 aliphatic rings. The third kappa shape index (κ3) is 3.98. The first-order chi connectivity index (χ1) is 10.6. The molecule has 1 aliphatic heterocycles. The van der Waals surface area contributed by atoms with Gasteiger partial charge in [0.1, 0.15) is 5.75 Å². The molecule has 0 saturated carbocycles. The minimum Gasteiger partial charge on any atom is -0.497 e. The summed E-state index contributed by atoms with van der Waals surface area (Å²) in [4.78, 5) is 23.3. The summed E-state index contributed by atoms with van der Waals surface area (Å²) in [7, 11) is 1.62. The Morgan fingerprint density at radius 2 is 2.09 bits per heavy atom. The number of methoxy groups -OCH3 is 1. The number of aryl methyl sites for hydroxylation is 1. The van der Waals surface area contributed by atoms with Gasteiger partial charge in [-0.25, -0.2) is 4.79 Å². The Kier molecular flexibility index (Phi) is 5.38. The second-order valence-electron chi connectivity index (χ2n) is 5.44. The van der Waals surface area contributed by atoms with Crippen LogP contribution in [0.5, 0.6) is 5.75 Å². The maximum atomic E-state index is 11.9. The molecule has 1 atom stereocenters. The van der Waals surface area contributed by atoms with Crippen LogP contribution in [0.3, 0.4) is 0 Å². The van der Waals surface area contributed by atoms with Crippen molar-refractivity contribution in [1.82, 2.24) is 5.32 Å². The van der Waals surface area contributed by atoms with Crippen molar-refractivity contribution in [1.29, 1.82) is 0 Å². The van der Waals surface area contributed by atoms with Crippen LogP contribution in [0.25, 0.3) is 0 Å². The quantitative estimate of drug-likeness (QED) is 0.795. The largest absolute Gasteiger partial charge is 0.497 e. The van der Waals surface area contributed by atoms with Crippen molar-refractivity contribution in [2.75, 3.05) is 20.3 Å². The van der Waals surface area contributed by atoms with Crippen molar-refractivity contribution >= 4 is 11.9 Å². The maximum Gasteiger partial charge on any atom is 0.331 e. The number of amides is 1. The molecule has 0 aliphatic carbocycles. The number of carbonyl (C=O) groups is 2. The number of rotatable bonds is 7. The highest BCUT2D eigenvalue weighted by Crippen LogP contribution is 2.19. The number of aliphatic carboxylic acids is 1. The Morgan fingerprint density at radius 1 is 1.36 bits per heavy atom. The molecule has 120 valence electrons. The van der Waals surface area contributed by atoms with Crippen LogP contribution >= 0.6 is 0 Å². The van der Waals surface area contributed by atoms with Crippen molar-refractivity contribution < 1.29 is 24.2 Å². The molecular weight excluding hydrogens is 286 g/mol. The Morgan fingerprint density at radius 3 is 2.64 bits per heavy atom. The van der Waals surface area contributed by atoms with Crippen LogP contribution in [0.2, 0.25) is 0 Å². The van der Waals surface area contributed by atoms with Gasteiger partial charge in [-0.2, -0.15) is 0 Å². The normalized spacial score (nSPS) is 20.6. The number of hydrogen-bond donors (Lipinski definition) is 2. The molecule has 0 bridgehead atoms. The zero-order chi connectivity index (χ0) is 16.0. The SMILES string of the molecule is COc1ccc(CCCC(=O)NC2(C(=O)O)CCOC2)cc1. The summed E-state index contributed by atoms with van der Waals surface area (Å²) >= 11 is 0. The van der Waals surface area contributed by atoms with Gasteiger partial charge in [0.05, 0.1) is 13.7 Å². The first kappa shape index (κ1) is 16.3. The third-order valence-electron chi connectivity index (χ3n) is 3.84. The number of carboxylic acid groups (broad SMARTS) is 1. The van der Waals surface area contributed by atoms with E-state index in [1.165, 1.54) is 0 Å². The third-order valence-corrected chi connectivity index (χ3v) is 3.84. The number of ether oxygens (including phenoxy) is 2. The van der Waals surface area contributed by atoms with Crippen molar-refractivity contribution in [2.24, 2.45) is 0 Å². The summed E-state index contributed by atoms with van der Waals surface area (Å²) in [5, 5.41) is 11.9. The molecule has 2 N–H and O–H groups in total. The molecule has 6 heteroatoms. The molecule has 1 aromatic carbocycles. The second kappa shape index (κ2) is 7.26. The molecule has 0 spiro atoms. The Bertz CT molecular complexity index is 520. The molecule has 0 aromatic heterocycles. The maximum absolute atomic E-state index is 11.9. The van der Waals surface area contributed by atoms with Crippen molar-refractivity contribution in [2.45, 2.75) is 31.2 Å². The van der Waals surface area contributed by atoms with Crippen LogP contribution in [0.1, 0.15) is 24.8 Å². The Hall–Kier alpha value is -2.08. The molecule has 1 fully saturated rings. The molecule has 0 radical (unpaired) electrons. The van der Waals surface area contributed by atoms with Crippen molar-refractivity contribution in [3.05, 3.63) is 29.8 Å². The summed E-state index contributed by atoms with van der Waals surface area (Å²) in [5.41, 5.74) is -0.136. The van der Waals surface area contributed by atoms with E-state index in [0.717, 1.165) is 17.7 Å². The van der Waals surface area contributed by atoms with Gasteiger partial charge in [-0.1, -0.05) is 12.1 Å². The summed E-state index contributed by atoms with van der Waals surface area (Å²) in [6.45, 7) is 0.394. The molecular formula is C16H21NO5. The van der Waals surface area contributed by atoms with E-state index in [2.05, 4.69) is 5.32 Å². The predicted molar refractivity (Wildman–Crippen MR) is 79.9 cm³/mol. The minimum absolute atomic E-state index is 0.0343. The predicted octanol–water partition coefficient (Wildman–Crippen LogP) is 1.38. The molecule has 1 amide bonds. The lowest BCUT2D eigenvalue weighted by Gasteiger charge is -2.23. The van der Waals surface area contributed by atoms with Crippen LogP contribution in [-0.4, -0.2) is 42.8 Å². The van der Waals surface area contributed by atoms with Crippen LogP contribution in [0.15, 0.2) is 24.3 Å². The first-order valence-electron chi connectivity index (χ1n) is 7.31. The molecule has 1 saturated heterocycles. The fraction of sp³-hybridized carbons (Fsp3) is 0.500. The highest BCUT2D eigenvalue weighted by Gasteiger charge is 2.43. The standard InChI is InChI=1S/C16H21NO5/c1-21-13-7-5-12(6-8-13)3-2-4-14(18)17-16(15(19)20)9-10-22-11-16/h5-8H,2-4,9-11H2,1H3,(H,17,18)(H,19,20). The highest BCUT2D eigenvalue weighted by atomic mass is 16.5. The van der Waals surface area contributed by atoms with E-state index in [-0.39, 0.29) is 12.5 Å². The molecule has 22 heavy (non-hydrogen) atoms. The lowest BCUT2D eigenvalue weighted by atomic mass is 9.98. The number of nitrogens with one attached hydrogen (secondary N) is 1.